The lowest BCUT2D eigenvalue weighted by Crippen LogP contribution is -2.15. The van der Waals surface area contributed by atoms with Crippen LogP contribution in [-0.4, -0.2) is 22.4 Å². The van der Waals surface area contributed by atoms with Gasteiger partial charge >= 0.3 is 0 Å². The van der Waals surface area contributed by atoms with Gasteiger partial charge in [0.05, 0.1) is 5.56 Å². The van der Waals surface area contributed by atoms with Gasteiger partial charge in [0.1, 0.15) is 0 Å². The molecule has 132 valence electrons. The van der Waals surface area contributed by atoms with E-state index in [1.54, 1.807) is 12.4 Å². The van der Waals surface area contributed by atoms with Gasteiger partial charge < -0.3 is 10.6 Å². The van der Waals surface area contributed by atoms with Crippen LogP contribution >= 0.6 is 0 Å². The van der Waals surface area contributed by atoms with Crippen LogP contribution in [0.2, 0.25) is 0 Å². The third-order valence-electron chi connectivity index (χ3n) is 4.10. The minimum Gasteiger partial charge on any atom is -0.354 e. The van der Waals surface area contributed by atoms with Crippen molar-refractivity contribution >= 4 is 17.5 Å². The number of para-hydroxylation sites is 1. The fourth-order valence-corrected chi connectivity index (χ4v) is 2.64. The SMILES string of the molecule is CCc1ccccc1NC(=O)c1cnc(NCCc2ccccc2)nc1. The Hall–Kier alpha value is -3.21. The fourth-order valence-electron chi connectivity index (χ4n) is 2.64. The minimum atomic E-state index is -0.207. The van der Waals surface area contributed by atoms with Gasteiger partial charge in [-0.2, -0.15) is 0 Å². The highest BCUT2D eigenvalue weighted by atomic mass is 16.1. The number of anilines is 2. The summed E-state index contributed by atoms with van der Waals surface area (Å²) in [6, 6.07) is 18.0. The van der Waals surface area contributed by atoms with Crippen molar-refractivity contribution in [2.45, 2.75) is 19.8 Å². The maximum Gasteiger partial charge on any atom is 0.258 e. The Bertz CT molecular complexity index is 847. The zero-order valence-electron chi connectivity index (χ0n) is 14.8. The van der Waals surface area contributed by atoms with Crippen LogP contribution in [0.5, 0.6) is 0 Å². The number of benzene rings is 2. The van der Waals surface area contributed by atoms with Crippen LogP contribution in [0.15, 0.2) is 67.0 Å². The van der Waals surface area contributed by atoms with Crippen molar-refractivity contribution in [3.63, 3.8) is 0 Å². The predicted octanol–water partition coefficient (Wildman–Crippen LogP) is 3.95. The second-order valence-electron chi connectivity index (χ2n) is 5.92. The van der Waals surface area contributed by atoms with E-state index < -0.39 is 0 Å². The summed E-state index contributed by atoms with van der Waals surface area (Å²) in [7, 11) is 0. The number of hydrogen-bond acceptors (Lipinski definition) is 4. The van der Waals surface area contributed by atoms with Crippen molar-refractivity contribution in [1.29, 1.82) is 0 Å². The molecule has 0 saturated heterocycles. The van der Waals surface area contributed by atoms with E-state index in [1.807, 2.05) is 42.5 Å². The molecule has 1 amide bonds. The molecule has 3 aromatic rings. The van der Waals surface area contributed by atoms with E-state index in [9.17, 15) is 4.79 Å². The zero-order chi connectivity index (χ0) is 18.2. The highest BCUT2D eigenvalue weighted by molar-refractivity contribution is 6.04. The Labute approximate surface area is 153 Å². The van der Waals surface area contributed by atoms with Gasteiger partial charge in [-0.15, -0.1) is 0 Å². The van der Waals surface area contributed by atoms with Crippen LogP contribution in [0.3, 0.4) is 0 Å². The number of amides is 1. The van der Waals surface area contributed by atoms with Crippen LogP contribution < -0.4 is 10.6 Å². The molecular formula is C21H22N4O. The molecule has 0 fully saturated rings. The smallest absolute Gasteiger partial charge is 0.258 e. The van der Waals surface area contributed by atoms with Crippen molar-refractivity contribution in [1.82, 2.24) is 9.97 Å². The number of carbonyl (C=O) groups excluding carboxylic acids is 1. The molecule has 2 aromatic carbocycles. The number of carbonyl (C=O) groups is 1. The summed E-state index contributed by atoms with van der Waals surface area (Å²) in [5, 5.41) is 6.10. The lowest BCUT2D eigenvalue weighted by Gasteiger charge is -2.10. The lowest BCUT2D eigenvalue weighted by atomic mass is 10.1. The summed E-state index contributed by atoms with van der Waals surface area (Å²) >= 11 is 0. The Morgan fingerprint density at radius 2 is 1.65 bits per heavy atom. The first-order valence-corrected chi connectivity index (χ1v) is 8.75. The first-order valence-electron chi connectivity index (χ1n) is 8.75. The molecule has 0 aliphatic rings. The van der Waals surface area contributed by atoms with Crippen LogP contribution in [0.4, 0.5) is 11.6 Å². The molecule has 0 radical (unpaired) electrons. The number of aromatic nitrogens is 2. The first-order chi connectivity index (χ1) is 12.8. The Morgan fingerprint density at radius 1 is 0.962 bits per heavy atom. The largest absolute Gasteiger partial charge is 0.354 e. The highest BCUT2D eigenvalue weighted by Gasteiger charge is 2.09. The standard InChI is InChI=1S/C21H22N4O/c1-2-17-10-6-7-11-19(17)25-20(26)18-14-23-21(24-15-18)22-13-12-16-8-4-3-5-9-16/h3-11,14-15H,2,12-13H2,1H3,(H,25,26)(H,22,23,24). The molecule has 1 aromatic heterocycles. The molecular weight excluding hydrogens is 324 g/mol. The van der Waals surface area contributed by atoms with Crippen LogP contribution in [-0.2, 0) is 12.8 Å². The maximum atomic E-state index is 12.4. The molecule has 3 rings (SSSR count). The molecule has 0 aliphatic heterocycles. The normalized spacial score (nSPS) is 10.3. The second kappa shape index (κ2) is 8.76. The van der Waals surface area contributed by atoms with Crippen LogP contribution in [0, 0.1) is 0 Å². The van der Waals surface area contributed by atoms with Gasteiger partial charge in [0, 0.05) is 24.6 Å². The molecule has 0 saturated carbocycles. The molecule has 2 N–H and O–H groups in total. The minimum absolute atomic E-state index is 0.207. The first kappa shape index (κ1) is 17.6. The fraction of sp³-hybridized carbons (Fsp3) is 0.190. The van der Waals surface area contributed by atoms with Crippen molar-refractivity contribution in [2.75, 3.05) is 17.2 Å². The van der Waals surface area contributed by atoms with Crippen molar-refractivity contribution in [2.24, 2.45) is 0 Å². The van der Waals surface area contributed by atoms with Crippen molar-refractivity contribution < 1.29 is 4.79 Å². The number of aryl methyl sites for hydroxylation is 1. The number of nitrogens with one attached hydrogen (secondary N) is 2. The summed E-state index contributed by atoms with van der Waals surface area (Å²) in [6.07, 6.45) is 4.83. The summed E-state index contributed by atoms with van der Waals surface area (Å²) in [5.74, 6) is 0.313. The molecule has 5 nitrogen and oxygen atoms in total. The topological polar surface area (TPSA) is 66.9 Å². The molecule has 26 heavy (non-hydrogen) atoms. The third kappa shape index (κ3) is 4.66. The van der Waals surface area contributed by atoms with E-state index >= 15 is 0 Å². The van der Waals surface area contributed by atoms with Gasteiger partial charge in [0.15, 0.2) is 0 Å². The summed E-state index contributed by atoms with van der Waals surface area (Å²) in [4.78, 5) is 20.8. The van der Waals surface area contributed by atoms with E-state index in [-0.39, 0.29) is 5.91 Å². The second-order valence-corrected chi connectivity index (χ2v) is 5.92. The molecule has 1 heterocycles. The van der Waals surface area contributed by atoms with E-state index in [4.69, 9.17) is 0 Å². The molecule has 0 unspecified atom stereocenters. The summed E-state index contributed by atoms with van der Waals surface area (Å²) in [5.41, 5.74) is 3.61. The molecule has 0 bridgehead atoms. The third-order valence-corrected chi connectivity index (χ3v) is 4.10. The van der Waals surface area contributed by atoms with Gasteiger partial charge in [-0.3, -0.25) is 4.79 Å². The van der Waals surface area contributed by atoms with Gasteiger partial charge in [0.2, 0.25) is 5.95 Å². The quantitative estimate of drug-likeness (QED) is 0.680. The van der Waals surface area contributed by atoms with Gasteiger partial charge in [-0.1, -0.05) is 55.5 Å². The highest BCUT2D eigenvalue weighted by Crippen LogP contribution is 2.16. The predicted molar refractivity (Wildman–Crippen MR) is 104 cm³/mol. The Morgan fingerprint density at radius 3 is 2.38 bits per heavy atom. The van der Waals surface area contributed by atoms with Gasteiger partial charge in [0.25, 0.3) is 5.91 Å². The lowest BCUT2D eigenvalue weighted by molar-refractivity contribution is 0.102. The van der Waals surface area contributed by atoms with Gasteiger partial charge in [-0.05, 0) is 30.0 Å². The molecule has 0 atom stereocenters. The average molecular weight is 346 g/mol. The van der Waals surface area contributed by atoms with Gasteiger partial charge in [-0.25, -0.2) is 9.97 Å². The van der Waals surface area contributed by atoms with E-state index in [1.165, 1.54) is 5.56 Å². The van der Waals surface area contributed by atoms with E-state index in [0.717, 1.165) is 30.6 Å². The summed E-state index contributed by atoms with van der Waals surface area (Å²) < 4.78 is 0. The molecule has 5 heteroatoms. The Balaban J connectivity index is 1.56. The monoisotopic (exact) mass is 346 g/mol. The number of hydrogen-bond donors (Lipinski definition) is 2. The zero-order valence-corrected chi connectivity index (χ0v) is 14.8. The van der Waals surface area contributed by atoms with Crippen molar-refractivity contribution in [3.8, 4) is 0 Å². The molecule has 0 aliphatic carbocycles. The maximum absolute atomic E-state index is 12.4. The van der Waals surface area contributed by atoms with Crippen molar-refractivity contribution in [3.05, 3.63) is 83.7 Å². The average Bonchev–Trinajstić information content (AvgIpc) is 2.70. The number of nitrogens with zero attached hydrogens (tertiary/aromatic N) is 2. The Kier molecular flexibility index (Phi) is 5.93. The molecule has 0 spiro atoms. The number of rotatable bonds is 7. The van der Waals surface area contributed by atoms with E-state index in [2.05, 4.69) is 39.7 Å². The van der Waals surface area contributed by atoms with Crippen LogP contribution in [0.25, 0.3) is 0 Å². The van der Waals surface area contributed by atoms with Crippen LogP contribution in [0.1, 0.15) is 28.4 Å². The van der Waals surface area contributed by atoms with E-state index in [0.29, 0.717) is 11.5 Å². The summed E-state index contributed by atoms with van der Waals surface area (Å²) in [6.45, 7) is 2.80.